The molecule has 26 heavy (non-hydrogen) atoms. The summed E-state index contributed by atoms with van der Waals surface area (Å²) in [5.74, 6) is -0.784. The first-order chi connectivity index (χ1) is 12.3. The molecule has 1 heterocycles. The Bertz CT molecular complexity index is 618. The predicted molar refractivity (Wildman–Crippen MR) is 92.0 cm³/mol. The lowest BCUT2D eigenvalue weighted by atomic mass is 9.77. The van der Waals surface area contributed by atoms with E-state index in [-0.39, 0.29) is 12.5 Å². The average Bonchev–Trinajstić information content (AvgIpc) is 3.17. The Labute approximate surface area is 153 Å². The largest absolute Gasteiger partial charge is 0.467 e. The topological polar surface area (TPSA) is 105 Å². The molecule has 1 saturated heterocycles. The van der Waals surface area contributed by atoms with Gasteiger partial charge in [0.2, 0.25) is 5.91 Å². The normalized spacial score (nSPS) is 30.4. The Morgan fingerprint density at radius 1 is 1.19 bits per heavy atom. The molecule has 8 heteroatoms. The minimum Gasteiger partial charge on any atom is -0.467 e. The minimum atomic E-state index is -1.04. The lowest BCUT2D eigenvalue weighted by Gasteiger charge is -2.33. The lowest BCUT2D eigenvalue weighted by Crippen LogP contribution is -2.56. The van der Waals surface area contributed by atoms with Gasteiger partial charge >= 0.3 is 12.0 Å². The number of hydrogen-bond acceptors (Lipinski definition) is 5. The molecule has 3 rings (SSSR count). The van der Waals surface area contributed by atoms with E-state index < -0.39 is 29.0 Å². The number of methoxy groups -OCH3 is 1. The molecule has 3 fully saturated rings. The highest BCUT2D eigenvalue weighted by Crippen LogP contribution is 2.36. The summed E-state index contributed by atoms with van der Waals surface area (Å²) in [4.78, 5) is 50.7. The number of esters is 1. The summed E-state index contributed by atoms with van der Waals surface area (Å²) in [6, 6.07) is -0.529. The van der Waals surface area contributed by atoms with Crippen LogP contribution < -0.4 is 10.6 Å². The van der Waals surface area contributed by atoms with Crippen LogP contribution in [0.1, 0.15) is 58.3 Å². The molecule has 0 bridgehead atoms. The zero-order valence-electron chi connectivity index (χ0n) is 15.4. The van der Waals surface area contributed by atoms with Gasteiger partial charge in [0.1, 0.15) is 17.6 Å². The van der Waals surface area contributed by atoms with E-state index in [1.54, 1.807) is 0 Å². The van der Waals surface area contributed by atoms with Crippen LogP contribution in [0.2, 0.25) is 0 Å². The Balaban J connectivity index is 1.66. The van der Waals surface area contributed by atoms with Gasteiger partial charge < -0.3 is 15.4 Å². The number of carbonyl (C=O) groups excluding carboxylic acids is 4. The van der Waals surface area contributed by atoms with Crippen LogP contribution in [0.4, 0.5) is 4.79 Å². The molecule has 0 aromatic heterocycles. The van der Waals surface area contributed by atoms with Crippen LogP contribution in [0.5, 0.6) is 0 Å². The maximum atomic E-state index is 12.8. The summed E-state index contributed by atoms with van der Waals surface area (Å²) in [5.41, 5.74) is -1.90. The summed E-state index contributed by atoms with van der Waals surface area (Å²) in [6.07, 6.45) is 5.60. The van der Waals surface area contributed by atoms with Gasteiger partial charge in [-0.05, 0) is 44.4 Å². The molecule has 144 valence electrons. The second-order valence-corrected chi connectivity index (χ2v) is 7.92. The summed E-state index contributed by atoms with van der Waals surface area (Å²) >= 11 is 0. The zero-order valence-corrected chi connectivity index (χ0v) is 15.4. The number of nitrogens with zero attached hydrogens (tertiary/aromatic N) is 1. The van der Waals surface area contributed by atoms with Crippen LogP contribution in [0.3, 0.4) is 0 Å². The van der Waals surface area contributed by atoms with Crippen molar-refractivity contribution in [2.45, 2.75) is 69.4 Å². The van der Waals surface area contributed by atoms with Crippen molar-refractivity contribution in [1.29, 1.82) is 0 Å². The summed E-state index contributed by atoms with van der Waals surface area (Å²) < 4.78 is 4.84. The maximum Gasteiger partial charge on any atom is 0.331 e. The molecule has 2 saturated carbocycles. The van der Waals surface area contributed by atoms with E-state index in [1.807, 2.05) is 0 Å². The smallest absolute Gasteiger partial charge is 0.331 e. The molecular weight excluding hydrogens is 338 g/mol. The fraction of sp³-hybridized carbons (Fsp3) is 0.778. The van der Waals surface area contributed by atoms with E-state index in [0.717, 1.165) is 30.6 Å². The molecule has 3 aliphatic rings. The highest BCUT2D eigenvalue weighted by atomic mass is 16.5. The Morgan fingerprint density at radius 3 is 2.38 bits per heavy atom. The highest BCUT2D eigenvalue weighted by Gasteiger charge is 2.53. The number of nitrogens with one attached hydrogen (secondary N) is 2. The molecule has 0 aromatic carbocycles. The monoisotopic (exact) mass is 365 g/mol. The number of hydrogen-bond donors (Lipinski definition) is 2. The highest BCUT2D eigenvalue weighted by molar-refractivity contribution is 6.09. The molecule has 0 atom stereocenters. The van der Waals surface area contributed by atoms with Crippen molar-refractivity contribution in [2.24, 2.45) is 5.92 Å². The van der Waals surface area contributed by atoms with E-state index >= 15 is 0 Å². The van der Waals surface area contributed by atoms with E-state index in [4.69, 9.17) is 4.74 Å². The first kappa shape index (κ1) is 18.7. The molecule has 8 nitrogen and oxygen atoms in total. The van der Waals surface area contributed by atoms with Crippen molar-refractivity contribution in [3.05, 3.63) is 0 Å². The van der Waals surface area contributed by atoms with Crippen LogP contribution in [-0.2, 0) is 19.1 Å². The SMILES string of the molecule is COC(=O)C1(NC(=O)CN2C(=O)NC3(CCC(C)CC3)C2=O)CCCC1. The van der Waals surface area contributed by atoms with Gasteiger partial charge in [0.05, 0.1) is 7.11 Å². The van der Waals surface area contributed by atoms with Crippen LogP contribution >= 0.6 is 0 Å². The molecule has 0 radical (unpaired) electrons. The Kier molecular flexibility index (Phi) is 4.94. The van der Waals surface area contributed by atoms with Gasteiger partial charge in [0.25, 0.3) is 5.91 Å². The Morgan fingerprint density at radius 2 is 1.81 bits per heavy atom. The molecule has 0 aromatic rings. The Hall–Kier alpha value is -2.12. The number of carbonyl (C=O) groups is 4. The third-order valence-corrected chi connectivity index (χ3v) is 6.09. The fourth-order valence-corrected chi connectivity index (χ4v) is 4.42. The van der Waals surface area contributed by atoms with Crippen molar-refractivity contribution in [1.82, 2.24) is 15.5 Å². The van der Waals surface area contributed by atoms with E-state index in [2.05, 4.69) is 17.6 Å². The van der Waals surface area contributed by atoms with Crippen LogP contribution in [0, 0.1) is 5.92 Å². The summed E-state index contributed by atoms with van der Waals surface area (Å²) in [5, 5.41) is 5.52. The minimum absolute atomic E-state index is 0.330. The number of rotatable bonds is 4. The van der Waals surface area contributed by atoms with Gasteiger partial charge in [-0.15, -0.1) is 0 Å². The van der Waals surface area contributed by atoms with Crippen molar-refractivity contribution in [3.8, 4) is 0 Å². The second kappa shape index (κ2) is 6.89. The first-order valence-corrected chi connectivity index (χ1v) is 9.35. The number of amides is 4. The summed E-state index contributed by atoms with van der Waals surface area (Å²) in [6.45, 7) is 1.76. The fourth-order valence-electron chi connectivity index (χ4n) is 4.42. The zero-order chi connectivity index (χ0) is 18.9. The van der Waals surface area contributed by atoms with Gasteiger partial charge in [-0.1, -0.05) is 19.8 Å². The van der Waals surface area contributed by atoms with E-state index in [1.165, 1.54) is 7.11 Å². The third kappa shape index (κ3) is 3.17. The molecule has 1 aliphatic heterocycles. The molecular formula is C18H27N3O5. The van der Waals surface area contributed by atoms with Gasteiger partial charge in [-0.3, -0.25) is 14.5 Å². The van der Waals surface area contributed by atoms with Crippen molar-refractivity contribution >= 4 is 23.8 Å². The molecule has 2 aliphatic carbocycles. The van der Waals surface area contributed by atoms with Crippen molar-refractivity contribution in [3.63, 3.8) is 0 Å². The van der Waals surface area contributed by atoms with E-state index in [0.29, 0.717) is 31.6 Å². The van der Waals surface area contributed by atoms with Crippen molar-refractivity contribution in [2.75, 3.05) is 13.7 Å². The number of imide groups is 1. The van der Waals surface area contributed by atoms with Gasteiger partial charge in [0, 0.05) is 0 Å². The second-order valence-electron chi connectivity index (χ2n) is 7.92. The number of ether oxygens (including phenoxy) is 1. The van der Waals surface area contributed by atoms with Crippen LogP contribution in [-0.4, -0.2) is 53.4 Å². The van der Waals surface area contributed by atoms with Crippen molar-refractivity contribution < 1.29 is 23.9 Å². The molecule has 1 spiro atoms. The summed E-state index contributed by atoms with van der Waals surface area (Å²) in [7, 11) is 1.29. The van der Waals surface area contributed by atoms with Gasteiger partial charge in [0.15, 0.2) is 0 Å². The molecule has 2 N–H and O–H groups in total. The lowest BCUT2D eigenvalue weighted by molar-refractivity contribution is -0.151. The van der Waals surface area contributed by atoms with Gasteiger partial charge in [-0.2, -0.15) is 0 Å². The quantitative estimate of drug-likeness (QED) is 0.573. The maximum absolute atomic E-state index is 12.8. The van der Waals surface area contributed by atoms with Crippen LogP contribution in [0.15, 0.2) is 0 Å². The van der Waals surface area contributed by atoms with E-state index in [9.17, 15) is 19.2 Å². The standard InChI is InChI=1S/C18H27N3O5/c1-12-5-9-17(10-6-12)14(23)21(16(25)20-17)11-13(22)19-18(15(24)26-2)7-3-4-8-18/h12H,3-11H2,1-2H3,(H,19,22)(H,20,25). The third-order valence-electron chi connectivity index (χ3n) is 6.09. The molecule has 0 unspecified atom stereocenters. The van der Waals surface area contributed by atoms with Gasteiger partial charge in [-0.25, -0.2) is 9.59 Å². The van der Waals surface area contributed by atoms with Crippen LogP contribution in [0.25, 0.3) is 0 Å². The predicted octanol–water partition coefficient (Wildman–Crippen LogP) is 1.09. The number of urea groups is 1. The average molecular weight is 365 g/mol. The molecule has 4 amide bonds. The first-order valence-electron chi connectivity index (χ1n) is 9.35.